The Labute approximate surface area is 163 Å². The monoisotopic (exact) mass is 386 g/mol. The van der Waals surface area contributed by atoms with Crippen LogP contribution in [0.2, 0.25) is 5.02 Å². The average Bonchev–Trinajstić information content (AvgIpc) is 2.70. The highest BCUT2D eigenvalue weighted by atomic mass is 35.5. The van der Waals surface area contributed by atoms with Gasteiger partial charge >= 0.3 is 6.03 Å². The van der Waals surface area contributed by atoms with Gasteiger partial charge in [-0.15, -0.1) is 0 Å². The van der Waals surface area contributed by atoms with E-state index in [0.717, 1.165) is 31.2 Å². The summed E-state index contributed by atoms with van der Waals surface area (Å²) in [5.74, 6) is -0.0970. The van der Waals surface area contributed by atoms with Crippen LogP contribution in [0.25, 0.3) is 0 Å². The normalized spacial score (nSPS) is 19.1. The second-order valence-electron chi connectivity index (χ2n) is 6.72. The number of pyridine rings is 1. The molecule has 142 valence electrons. The van der Waals surface area contributed by atoms with Gasteiger partial charge in [0.2, 0.25) is 0 Å². The predicted molar refractivity (Wildman–Crippen MR) is 105 cm³/mol. The fraction of sp³-hybridized carbons (Fsp3) is 0.350. The van der Waals surface area contributed by atoms with E-state index in [1.54, 1.807) is 36.7 Å². The minimum atomic E-state index is -0.173. The Morgan fingerprint density at radius 1 is 1.00 bits per heavy atom. The standard InChI is InChI=1S/C20H23ClN4O2/c21-16-5-3-14(4-6-16)12-23-20(27)25-18-9-7-17(8-10-18)24-19(26)15-2-1-11-22-13-15/h1-6,11,13,17-18H,7-10,12H2,(H,24,26)(H2,23,25,27). The Morgan fingerprint density at radius 2 is 1.67 bits per heavy atom. The van der Waals surface area contributed by atoms with E-state index in [2.05, 4.69) is 20.9 Å². The molecule has 6 nitrogen and oxygen atoms in total. The molecule has 0 bridgehead atoms. The molecular weight excluding hydrogens is 364 g/mol. The molecule has 0 spiro atoms. The van der Waals surface area contributed by atoms with Crippen LogP contribution in [0.4, 0.5) is 4.79 Å². The van der Waals surface area contributed by atoms with Crippen LogP contribution in [-0.4, -0.2) is 29.0 Å². The zero-order valence-electron chi connectivity index (χ0n) is 15.0. The van der Waals surface area contributed by atoms with Crippen molar-refractivity contribution in [3.05, 3.63) is 64.9 Å². The van der Waals surface area contributed by atoms with Gasteiger partial charge in [0, 0.05) is 36.0 Å². The minimum absolute atomic E-state index is 0.0970. The van der Waals surface area contributed by atoms with Crippen molar-refractivity contribution < 1.29 is 9.59 Å². The molecule has 0 unspecified atom stereocenters. The Hall–Kier alpha value is -2.60. The topological polar surface area (TPSA) is 83.1 Å². The van der Waals surface area contributed by atoms with E-state index in [0.29, 0.717) is 17.1 Å². The maximum absolute atomic E-state index is 12.2. The number of benzene rings is 1. The third-order valence-electron chi connectivity index (χ3n) is 4.69. The molecule has 3 rings (SSSR count). The molecule has 0 saturated heterocycles. The highest BCUT2D eigenvalue weighted by molar-refractivity contribution is 6.30. The van der Waals surface area contributed by atoms with Crippen LogP contribution in [0, 0.1) is 0 Å². The summed E-state index contributed by atoms with van der Waals surface area (Å²) in [6, 6.07) is 11.0. The molecule has 1 aromatic heterocycles. The maximum Gasteiger partial charge on any atom is 0.315 e. The van der Waals surface area contributed by atoms with Crippen molar-refractivity contribution in [2.45, 2.75) is 44.3 Å². The number of halogens is 1. The fourth-order valence-electron chi connectivity index (χ4n) is 3.17. The number of amides is 3. The molecule has 1 aliphatic carbocycles. The highest BCUT2D eigenvalue weighted by Crippen LogP contribution is 2.19. The van der Waals surface area contributed by atoms with Crippen molar-refractivity contribution in [1.29, 1.82) is 0 Å². The van der Waals surface area contributed by atoms with Crippen molar-refractivity contribution >= 4 is 23.5 Å². The average molecular weight is 387 g/mol. The second kappa shape index (κ2) is 9.37. The second-order valence-corrected chi connectivity index (χ2v) is 7.15. The summed E-state index contributed by atoms with van der Waals surface area (Å²) in [7, 11) is 0. The molecule has 1 aromatic carbocycles. The molecule has 1 fully saturated rings. The number of carbonyl (C=O) groups is 2. The van der Waals surface area contributed by atoms with Gasteiger partial charge in [-0.2, -0.15) is 0 Å². The van der Waals surface area contributed by atoms with E-state index < -0.39 is 0 Å². The molecule has 0 radical (unpaired) electrons. The Balaban J connectivity index is 1.37. The van der Waals surface area contributed by atoms with E-state index >= 15 is 0 Å². The van der Waals surface area contributed by atoms with Crippen LogP contribution < -0.4 is 16.0 Å². The van der Waals surface area contributed by atoms with Gasteiger partial charge in [0.25, 0.3) is 5.91 Å². The van der Waals surface area contributed by atoms with Gasteiger partial charge in [0.1, 0.15) is 0 Å². The first-order valence-corrected chi connectivity index (χ1v) is 9.47. The number of nitrogens with zero attached hydrogens (tertiary/aromatic N) is 1. The van der Waals surface area contributed by atoms with Crippen LogP contribution in [0.1, 0.15) is 41.6 Å². The van der Waals surface area contributed by atoms with Crippen molar-refractivity contribution in [3.8, 4) is 0 Å². The molecule has 1 heterocycles. The molecule has 0 aliphatic heterocycles. The van der Waals surface area contributed by atoms with Crippen molar-refractivity contribution in [2.24, 2.45) is 0 Å². The van der Waals surface area contributed by atoms with Crippen molar-refractivity contribution in [2.75, 3.05) is 0 Å². The van der Waals surface area contributed by atoms with Gasteiger partial charge in [0.15, 0.2) is 0 Å². The summed E-state index contributed by atoms with van der Waals surface area (Å²) in [4.78, 5) is 28.2. The predicted octanol–water partition coefficient (Wildman–Crippen LogP) is 3.28. The third kappa shape index (κ3) is 5.96. The third-order valence-corrected chi connectivity index (χ3v) is 4.94. The van der Waals surface area contributed by atoms with E-state index in [4.69, 9.17) is 11.6 Å². The number of aromatic nitrogens is 1. The van der Waals surface area contributed by atoms with Gasteiger partial charge < -0.3 is 16.0 Å². The lowest BCUT2D eigenvalue weighted by atomic mass is 9.91. The number of nitrogens with one attached hydrogen (secondary N) is 3. The molecular formula is C20H23ClN4O2. The van der Waals surface area contributed by atoms with Gasteiger partial charge in [-0.3, -0.25) is 9.78 Å². The number of urea groups is 1. The van der Waals surface area contributed by atoms with Crippen LogP contribution in [-0.2, 0) is 6.54 Å². The van der Waals surface area contributed by atoms with Crippen LogP contribution >= 0.6 is 11.6 Å². The number of hydrogen-bond donors (Lipinski definition) is 3. The molecule has 1 saturated carbocycles. The molecule has 2 aromatic rings. The summed E-state index contributed by atoms with van der Waals surface area (Å²) in [5, 5.41) is 9.59. The molecule has 0 atom stereocenters. The SMILES string of the molecule is O=C(NCc1ccc(Cl)cc1)NC1CCC(NC(=O)c2cccnc2)CC1. The zero-order valence-corrected chi connectivity index (χ0v) is 15.7. The molecule has 7 heteroatoms. The number of hydrogen-bond acceptors (Lipinski definition) is 3. The Kier molecular flexibility index (Phi) is 6.65. The van der Waals surface area contributed by atoms with Gasteiger partial charge in [-0.25, -0.2) is 4.79 Å². The number of rotatable bonds is 5. The van der Waals surface area contributed by atoms with Crippen LogP contribution in [0.5, 0.6) is 0 Å². The van der Waals surface area contributed by atoms with E-state index in [1.807, 2.05) is 12.1 Å². The first-order chi connectivity index (χ1) is 13.1. The van der Waals surface area contributed by atoms with E-state index in [9.17, 15) is 9.59 Å². The Morgan fingerprint density at radius 3 is 2.30 bits per heavy atom. The van der Waals surface area contributed by atoms with E-state index in [-0.39, 0.29) is 24.0 Å². The summed E-state index contributed by atoms with van der Waals surface area (Å²) in [6.45, 7) is 0.458. The minimum Gasteiger partial charge on any atom is -0.349 e. The Bertz CT molecular complexity index is 759. The molecule has 3 N–H and O–H groups in total. The molecule has 27 heavy (non-hydrogen) atoms. The smallest absolute Gasteiger partial charge is 0.315 e. The molecule has 3 amide bonds. The van der Waals surface area contributed by atoms with Gasteiger partial charge in [-0.1, -0.05) is 23.7 Å². The lowest BCUT2D eigenvalue weighted by Crippen LogP contribution is -2.46. The number of carbonyl (C=O) groups excluding carboxylic acids is 2. The zero-order chi connectivity index (χ0) is 19.1. The highest BCUT2D eigenvalue weighted by Gasteiger charge is 2.23. The maximum atomic E-state index is 12.2. The summed E-state index contributed by atoms with van der Waals surface area (Å²) in [5.41, 5.74) is 1.57. The van der Waals surface area contributed by atoms with Crippen molar-refractivity contribution in [1.82, 2.24) is 20.9 Å². The largest absolute Gasteiger partial charge is 0.349 e. The molecule has 1 aliphatic rings. The lowest BCUT2D eigenvalue weighted by molar-refractivity contribution is 0.0924. The fourth-order valence-corrected chi connectivity index (χ4v) is 3.29. The van der Waals surface area contributed by atoms with Gasteiger partial charge in [0.05, 0.1) is 5.56 Å². The quantitative estimate of drug-likeness (QED) is 0.737. The first kappa shape index (κ1) is 19.2. The summed E-state index contributed by atoms with van der Waals surface area (Å²) >= 11 is 5.85. The first-order valence-electron chi connectivity index (χ1n) is 9.10. The van der Waals surface area contributed by atoms with E-state index in [1.165, 1.54) is 0 Å². The lowest BCUT2D eigenvalue weighted by Gasteiger charge is -2.29. The summed E-state index contributed by atoms with van der Waals surface area (Å²) < 4.78 is 0. The van der Waals surface area contributed by atoms with Crippen LogP contribution in [0.3, 0.4) is 0 Å². The van der Waals surface area contributed by atoms with Gasteiger partial charge in [-0.05, 0) is 55.5 Å². The summed E-state index contributed by atoms with van der Waals surface area (Å²) in [6.07, 6.45) is 6.57. The van der Waals surface area contributed by atoms with Crippen molar-refractivity contribution in [3.63, 3.8) is 0 Å². The van der Waals surface area contributed by atoms with Crippen LogP contribution in [0.15, 0.2) is 48.8 Å².